The van der Waals surface area contributed by atoms with Gasteiger partial charge in [0.1, 0.15) is 12.4 Å². The minimum absolute atomic E-state index is 0.0310. The summed E-state index contributed by atoms with van der Waals surface area (Å²) in [6.07, 6.45) is -0.0310. The Hall–Kier alpha value is -1.45. The molecule has 0 N–H and O–H groups in total. The smallest absolute Gasteiger partial charge is 0.334 e. The van der Waals surface area contributed by atoms with Crippen molar-refractivity contribution in [2.75, 3.05) is 6.61 Å². The van der Waals surface area contributed by atoms with E-state index in [0.29, 0.717) is 0 Å². The van der Waals surface area contributed by atoms with Crippen molar-refractivity contribution in [1.29, 1.82) is 0 Å². The molecule has 0 radical (unpaired) electrons. The molecule has 0 rings (SSSR count). The lowest BCUT2D eigenvalue weighted by Crippen LogP contribution is -2.14. The van der Waals surface area contributed by atoms with Crippen LogP contribution in [0.3, 0.4) is 0 Å². The highest BCUT2D eigenvalue weighted by molar-refractivity contribution is 5.95. The SMILES string of the molecule is C=C(CC(C)=O)C(=O)OCC(C)=O. The monoisotopic (exact) mass is 184 g/mol. The van der Waals surface area contributed by atoms with Gasteiger partial charge >= 0.3 is 5.97 Å². The van der Waals surface area contributed by atoms with Gasteiger partial charge in [-0.05, 0) is 13.8 Å². The Morgan fingerprint density at radius 3 is 2.08 bits per heavy atom. The van der Waals surface area contributed by atoms with Gasteiger partial charge in [0.2, 0.25) is 0 Å². The van der Waals surface area contributed by atoms with Crippen LogP contribution in [-0.4, -0.2) is 24.1 Å². The normalized spacial score (nSPS) is 9.08. The minimum atomic E-state index is -0.689. The fourth-order valence-electron chi connectivity index (χ4n) is 0.642. The van der Waals surface area contributed by atoms with Crippen LogP contribution in [0.25, 0.3) is 0 Å². The lowest BCUT2D eigenvalue weighted by Gasteiger charge is -2.02. The first-order chi connectivity index (χ1) is 5.93. The van der Waals surface area contributed by atoms with E-state index in [-0.39, 0.29) is 30.2 Å². The van der Waals surface area contributed by atoms with Gasteiger partial charge in [0.15, 0.2) is 5.78 Å². The molecule has 0 saturated heterocycles. The summed E-state index contributed by atoms with van der Waals surface area (Å²) < 4.78 is 4.53. The van der Waals surface area contributed by atoms with Gasteiger partial charge < -0.3 is 4.74 Å². The summed E-state index contributed by atoms with van der Waals surface area (Å²) in [4.78, 5) is 31.9. The number of rotatable bonds is 5. The number of hydrogen-bond acceptors (Lipinski definition) is 4. The van der Waals surface area contributed by atoms with Crippen molar-refractivity contribution in [3.05, 3.63) is 12.2 Å². The summed E-state index contributed by atoms with van der Waals surface area (Å²) in [5, 5.41) is 0. The molecule has 4 heteroatoms. The van der Waals surface area contributed by atoms with Crippen LogP contribution in [0.4, 0.5) is 0 Å². The standard InChI is InChI=1S/C9H12O4/c1-6(4-7(2)10)9(12)13-5-8(3)11/h1,4-5H2,2-3H3. The summed E-state index contributed by atoms with van der Waals surface area (Å²) >= 11 is 0. The third-order valence-electron chi connectivity index (χ3n) is 1.16. The van der Waals surface area contributed by atoms with Crippen LogP contribution >= 0.6 is 0 Å². The predicted octanol–water partition coefficient (Wildman–Crippen LogP) is 0.654. The Bertz CT molecular complexity index is 252. The largest absolute Gasteiger partial charge is 0.454 e. The van der Waals surface area contributed by atoms with Gasteiger partial charge in [-0.1, -0.05) is 6.58 Å². The fourth-order valence-corrected chi connectivity index (χ4v) is 0.642. The van der Waals surface area contributed by atoms with Crippen LogP contribution in [-0.2, 0) is 19.1 Å². The zero-order valence-corrected chi connectivity index (χ0v) is 7.75. The second kappa shape index (κ2) is 5.24. The molecule has 0 spiro atoms. The van der Waals surface area contributed by atoms with Crippen molar-refractivity contribution < 1.29 is 19.1 Å². The lowest BCUT2D eigenvalue weighted by molar-refractivity contribution is -0.144. The Kier molecular flexibility index (Phi) is 4.66. The molecular formula is C9H12O4. The van der Waals surface area contributed by atoms with Crippen molar-refractivity contribution in [3.8, 4) is 0 Å². The lowest BCUT2D eigenvalue weighted by atomic mass is 10.2. The maximum absolute atomic E-state index is 11.0. The van der Waals surface area contributed by atoms with E-state index >= 15 is 0 Å². The summed E-state index contributed by atoms with van der Waals surface area (Å²) in [5.74, 6) is -1.10. The van der Waals surface area contributed by atoms with E-state index in [1.54, 1.807) is 0 Å². The van der Waals surface area contributed by atoms with Gasteiger partial charge in [0.25, 0.3) is 0 Å². The Labute approximate surface area is 76.6 Å². The van der Waals surface area contributed by atoms with Crippen LogP contribution < -0.4 is 0 Å². The molecule has 0 aliphatic rings. The molecule has 0 saturated carbocycles. The molecule has 0 aromatic rings. The topological polar surface area (TPSA) is 60.4 Å². The van der Waals surface area contributed by atoms with Gasteiger partial charge in [0, 0.05) is 12.0 Å². The zero-order valence-electron chi connectivity index (χ0n) is 7.75. The molecule has 13 heavy (non-hydrogen) atoms. The summed E-state index contributed by atoms with van der Waals surface area (Å²) in [6, 6.07) is 0. The summed E-state index contributed by atoms with van der Waals surface area (Å²) in [7, 11) is 0. The van der Waals surface area contributed by atoms with Gasteiger partial charge in [-0.2, -0.15) is 0 Å². The van der Waals surface area contributed by atoms with E-state index < -0.39 is 5.97 Å². The van der Waals surface area contributed by atoms with Crippen LogP contribution in [0.5, 0.6) is 0 Å². The average Bonchev–Trinajstić information content (AvgIpc) is 1.98. The second-order valence-electron chi connectivity index (χ2n) is 2.76. The zero-order chi connectivity index (χ0) is 10.4. The molecule has 0 unspecified atom stereocenters. The molecule has 0 bridgehead atoms. The number of ether oxygens (including phenoxy) is 1. The first-order valence-corrected chi connectivity index (χ1v) is 3.77. The number of ketones is 2. The first-order valence-electron chi connectivity index (χ1n) is 3.77. The Morgan fingerprint density at radius 1 is 1.15 bits per heavy atom. The molecule has 0 amide bonds. The van der Waals surface area contributed by atoms with Gasteiger partial charge in [0.05, 0.1) is 0 Å². The number of hydrogen-bond donors (Lipinski definition) is 0. The summed E-state index contributed by atoms with van der Waals surface area (Å²) in [5.41, 5.74) is 0.0775. The van der Waals surface area contributed by atoms with Crippen molar-refractivity contribution in [2.24, 2.45) is 0 Å². The van der Waals surface area contributed by atoms with Crippen LogP contribution in [0.2, 0.25) is 0 Å². The molecule has 72 valence electrons. The molecule has 0 fully saturated rings. The van der Waals surface area contributed by atoms with Crippen molar-refractivity contribution in [3.63, 3.8) is 0 Å². The maximum atomic E-state index is 11.0. The third-order valence-corrected chi connectivity index (χ3v) is 1.16. The van der Waals surface area contributed by atoms with Crippen LogP contribution in [0.15, 0.2) is 12.2 Å². The highest BCUT2D eigenvalue weighted by atomic mass is 16.5. The van der Waals surface area contributed by atoms with Gasteiger partial charge in [-0.3, -0.25) is 9.59 Å². The Balaban J connectivity index is 3.90. The van der Waals surface area contributed by atoms with Gasteiger partial charge in [-0.25, -0.2) is 4.79 Å². The van der Waals surface area contributed by atoms with E-state index in [9.17, 15) is 14.4 Å². The highest BCUT2D eigenvalue weighted by Crippen LogP contribution is 2.01. The summed E-state index contributed by atoms with van der Waals surface area (Å²) in [6.45, 7) is 5.76. The van der Waals surface area contributed by atoms with E-state index in [1.807, 2.05) is 0 Å². The van der Waals surface area contributed by atoms with E-state index in [0.717, 1.165) is 0 Å². The molecule has 0 aliphatic carbocycles. The molecule has 0 aromatic heterocycles. The molecule has 4 nitrogen and oxygen atoms in total. The average molecular weight is 184 g/mol. The van der Waals surface area contributed by atoms with Crippen molar-refractivity contribution >= 4 is 17.5 Å². The highest BCUT2D eigenvalue weighted by Gasteiger charge is 2.10. The molecule has 0 heterocycles. The number of carbonyl (C=O) groups excluding carboxylic acids is 3. The molecule has 0 aromatic carbocycles. The predicted molar refractivity (Wildman–Crippen MR) is 46.1 cm³/mol. The van der Waals surface area contributed by atoms with E-state index in [1.165, 1.54) is 13.8 Å². The van der Waals surface area contributed by atoms with E-state index in [4.69, 9.17) is 0 Å². The number of carbonyl (C=O) groups is 3. The maximum Gasteiger partial charge on any atom is 0.334 e. The van der Waals surface area contributed by atoms with Crippen LogP contribution in [0.1, 0.15) is 20.3 Å². The van der Waals surface area contributed by atoms with Crippen molar-refractivity contribution in [1.82, 2.24) is 0 Å². The molecular weight excluding hydrogens is 172 g/mol. The van der Waals surface area contributed by atoms with Crippen LogP contribution in [0, 0.1) is 0 Å². The molecule has 0 aliphatic heterocycles. The van der Waals surface area contributed by atoms with E-state index in [2.05, 4.69) is 11.3 Å². The number of Topliss-reactive ketones (excluding diaryl/α,β-unsaturated/α-hetero) is 2. The number of esters is 1. The second-order valence-corrected chi connectivity index (χ2v) is 2.76. The van der Waals surface area contributed by atoms with Crippen molar-refractivity contribution in [2.45, 2.75) is 20.3 Å². The third kappa shape index (κ3) is 5.78. The minimum Gasteiger partial charge on any atom is -0.454 e. The quantitative estimate of drug-likeness (QED) is 0.465. The fraction of sp³-hybridized carbons (Fsp3) is 0.444. The molecule has 0 atom stereocenters. The Morgan fingerprint density at radius 2 is 1.69 bits per heavy atom. The van der Waals surface area contributed by atoms with Gasteiger partial charge in [-0.15, -0.1) is 0 Å². The first kappa shape index (κ1) is 11.6.